The first-order valence-electron chi connectivity index (χ1n) is 9.36. The molecule has 2 aromatic carbocycles. The van der Waals surface area contributed by atoms with Gasteiger partial charge in [0.1, 0.15) is 0 Å². The van der Waals surface area contributed by atoms with Crippen molar-refractivity contribution in [2.75, 3.05) is 19.6 Å². The molecule has 0 radical (unpaired) electrons. The maximum Gasteiger partial charge on any atom is 0.237 e. The number of carbonyl (C=O) groups is 1. The van der Waals surface area contributed by atoms with Crippen LogP contribution in [0, 0.1) is 6.92 Å². The van der Waals surface area contributed by atoms with Crippen LogP contribution in [0.1, 0.15) is 41.1 Å². The van der Waals surface area contributed by atoms with Crippen LogP contribution in [0.2, 0.25) is 0 Å². The molecule has 0 saturated carbocycles. The first-order chi connectivity index (χ1) is 12.2. The molecule has 0 aliphatic carbocycles. The van der Waals surface area contributed by atoms with E-state index < -0.39 is 0 Å². The number of carbonyl (C=O) groups excluding carboxylic acids is 1. The Balaban J connectivity index is 1.43. The number of amides is 1. The summed E-state index contributed by atoms with van der Waals surface area (Å²) in [6.45, 7) is 5.29. The Morgan fingerprint density at radius 1 is 1.04 bits per heavy atom. The first kappa shape index (κ1) is 16.3. The molecule has 130 valence electrons. The maximum atomic E-state index is 12.9. The molecular formula is C22H26N2O. The monoisotopic (exact) mass is 334 g/mol. The van der Waals surface area contributed by atoms with Crippen molar-refractivity contribution in [3.63, 3.8) is 0 Å². The minimum Gasteiger partial charge on any atom is -0.337 e. The lowest BCUT2D eigenvalue weighted by Crippen LogP contribution is -2.42. The second-order valence-electron chi connectivity index (χ2n) is 7.37. The van der Waals surface area contributed by atoms with E-state index in [1.807, 2.05) is 4.90 Å². The lowest BCUT2D eigenvalue weighted by Gasteiger charge is -2.32. The molecule has 0 spiro atoms. The zero-order chi connectivity index (χ0) is 17.2. The van der Waals surface area contributed by atoms with Crippen LogP contribution in [0.5, 0.6) is 0 Å². The molecule has 0 N–H and O–H groups in total. The fourth-order valence-electron chi connectivity index (χ4n) is 4.16. The molecule has 3 nitrogen and oxygen atoms in total. The first-order valence-corrected chi connectivity index (χ1v) is 9.36. The SMILES string of the molecule is Cc1ccc(C2CCCN2CC(=O)N2CCc3ccccc3C2)cc1. The maximum absolute atomic E-state index is 12.9. The summed E-state index contributed by atoms with van der Waals surface area (Å²) in [4.78, 5) is 17.3. The Labute approximate surface area is 150 Å². The summed E-state index contributed by atoms with van der Waals surface area (Å²) in [7, 11) is 0. The second kappa shape index (κ2) is 7.01. The number of hydrogen-bond acceptors (Lipinski definition) is 2. The Kier molecular flexibility index (Phi) is 4.58. The average molecular weight is 334 g/mol. The van der Waals surface area contributed by atoms with Gasteiger partial charge in [-0.15, -0.1) is 0 Å². The van der Waals surface area contributed by atoms with Crippen molar-refractivity contribution in [3.05, 3.63) is 70.8 Å². The van der Waals surface area contributed by atoms with E-state index >= 15 is 0 Å². The molecule has 2 aromatic rings. The van der Waals surface area contributed by atoms with Crippen molar-refractivity contribution in [1.29, 1.82) is 0 Å². The third-order valence-corrected chi connectivity index (χ3v) is 5.65. The standard InChI is InChI=1S/C22H26N2O/c1-17-8-10-19(11-9-17)21-7-4-13-23(21)16-22(25)24-14-12-18-5-2-3-6-20(18)15-24/h2-3,5-6,8-11,21H,4,7,12-16H2,1H3. The predicted molar refractivity (Wildman–Crippen MR) is 100 cm³/mol. The van der Waals surface area contributed by atoms with Gasteiger partial charge in [-0.05, 0) is 49.4 Å². The molecule has 0 bridgehead atoms. The quantitative estimate of drug-likeness (QED) is 0.854. The van der Waals surface area contributed by atoms with Gasteiger partial charge in [-0.25, -0.2) is 0 Å². The van der Waals surface area contributed by atoms with Gasteiger partial charge in [0.05, 0.1) is 6.54 Å². The summed E-state index contributed by atoms with van der Waals surface area (Å²) in [5.74, 6) is 0.272. The molecule has 1 unspecified atom stereocenters. The Bertz CT molecular complexity index is 753. The molecule has 2 aliphatic rings. The number of rotatable bonds is 3. The molecule has 2 aliphatic heterocycles. The largest absolute Gasteiger partial charge is 0.337 e. The van der Waals surface area contributed by atoms with Crippen LogP contribution in [0.4, 0.5) is 0 Å². The van der Waals surface area contributed by atoms with Gasteiger partial charge in [-0.1, -0.05) is 54.1 Å². The van der Waals surface area contributed by atoms with Crippen molar-refractivity contribution in [2.45, 2.75) is 38.8 Å². The number of aryl methyl sites for hydroxylation is 1. The number of benzene rings is 2. The predicted octanol–water partition coefficient (Wildman–Crippen LogP) is 3.72. The van der Waals surface area contributed by atoms with Crippen molar-refractivity contribution < 1.29 is 4.79 Å². The zero-order valence-electron chi connectivity index (χ0n) is 14.9. The molecule has 0 aromatic heterocycles. The highest BCUT2D eigenvalue weighted by atomic mass is 16.2. The summed E-state index contributed by atoms with van der Waals surface area (Å²) >= 11 is 0. The Hall–Kier alpha value is -2.13. The highest BCUT2D eigenvalue weighted by Gasteiger charge is 2.29. The van der Waals surface area contributed by atoms with Crippen molar-refractivity contribution in [3.8, 4) is 0 Å². The third kappa shape index (κ3) is 3.47. The van der Waals surface area contributed by atoms with Crippen LogP contribution in [0.25, 0.3) is 0 Å². The lowest BCUT2D eigenvalue weighted by atomic mass is 10.00. The second-order valence-corrected chi connectivity index (χ2v) is 7.37. The van der Waals surface area contributed by atoms with Gasteiger partial charge >= 0.3 is 0 Å². The molecule has 25 heavy (non-hydrogen) atoms. The van der Waals surface area contributed by atoms with E-state index in [9.17, 15) is 4.79 Å². The van der Waals surface area contributed by atoms with Crippen LogP contribution in [0.15, 0.2) is 48.5 Å². The fourth-order valence-corrected chi connectivity index (χ4v) is 4.16. The summed E-state index contributed by atoms with van der Waals surface area (Å²) in [5.41, 5.74) is 5.33. The molecule has 1 atom stereocenters. The lowest BCUT2D eigenvalue weighted by molar-refractivity contribution is -0.133. The van der Waals surface area contributed by atoms with Crippen LogP contribution < -0.4 is 0 Å². The summed E-state index contributed by atoms with van der Waals surface area (Å²) in [5, 5.41) is 0. The van der Waals surface area contributed by atoms with Crippen LogP contribution in [-0.2, 0) is 17.8 Å². The molecule has 4 rings (SSSR count). The number of hydrogen-bond donors (Lipinski definition) is 0. The smallest absolute Gasteiger partial charge is 0.237 e. The van der Waals surface area contributed by atoms with Crippen LogP contribution in [-0.4, -0.2) is 35.3 Å². The van der Waals surface area contributed by atoms with E-state index in [4.69, 9.17) is 0 Å². The number of nitrogens with zero attached hydrogens (tertiary/aromatic N) is 2. The van der Waals surface area contributed by atoms with Gasteiger partial charge in [0.15, 0.2) is 0 Å². The highest BCUT2D eigenvalue weighted by molar-refractivity contribution is 5.78. The molecule has 2 heterocycles. The highest BCUT2D eigenvalue weighted by Crippen LogP contribution is 2.32. The summed E-state index contributed by atoms with van der Waals surface area (Å²) in [6.07, 6.45) is 3.30. The van der Waals surface area contributed by atoms with E-state index in [-0.39, 0.29) is 5.91 Å². The third-order valence-electron chi connectivity index (χ3n) is 5.65. The normalized spacial score (nSPS) is 20.5. The minimum absolute atomic E-state index is 0.272. The van der Waals surface area contributed by atoms with E-state index in [1.54, 1.807) is 0 Å². The van der Waals surface area contributed by atoms with E-state index in [1.165, 1.54) is 28.7 Å². The van der Waals surface area contributed by atoms with Gasteiger partial charge in [0, 0.05) is 19.1 Å². The molecule has 3 heteroatoms. The van der Waals surface area contributed by atoms with E-state index in [2.05, 4.69) is 60.4 Å². The van der Waals surface area contributed by atoms with E-state index in [0.29, 0.717) is 12.6 Å². The molecule has 1 saturated heterocycles. The summed E-state index contributed by atoms with van der Waals surface area (Å²) in [6, 6.07) is 17.7. The van der Waals surface area contributed by atoms with Crippen LogP contribution >= 0.6 is 0 Å². The zero-order valence-corrected chi connectivity index (χ0v) is 14.9. The van der Waals surface area contributed by atoms with Crippen LogP contribution in [0.3, 0.4) is 0 Å². The van der Waals surface area contributed by atoms with Gasteiger partial charge in [-0.2, -0.15) is 0 Å². The number of likely N-dealkylation sites (tertiary alicyclic amines) is 1. The molecule has 1 amide bonds. The molecular weight excluding hydrogens is 308 g/mol. The topological polar surface area (TPSA) is 23.6 Å². The van der Waals surface area contributed by atoms with Crippen molar-refractivity contribution in [2.24, 2.45) is 0 Å². The average Bonchev–Trinajstić information content (AvgIpc) is 3.10. The molecule has 1 fully saturated rings. The fraction of sp³-hybridized carbons (Fsp3) is 0.409. The number of fused-ring (bicyclic) bond motifs is 1. The Morgan fingerprint density at radius 3 is 2.60 bits per heavy atom. The summed E-state index contributed by atoms with van der Waals surface area (Å²) < 4.78 is 0. The van der Waals surface area contributed by atoms with Gasteiger partial charge in [0.25, 0.3) is 0 Å². The van der Waals surface area contributed by atoms with Gasteiger partial charge < -0.3 is 4.90 Å². The van der Waals surface area contributed by atoms with Crippen molar-refractivity contribution in [1.82, 2.24) is 9.80 Å². The minimum atomic E-state index is 0.272. The van der Waals surface area contributed by atoms with Gasteiger partial charge in [-0.3, -0.25) is 9.69 Å². The van der Waals surface area contributed by atoms with Gasteiger partial charge in [0.2, 0.25) is 5.91 Å². The Morgan fingerprint density at radius 2 is 1.80 bits per heavy atom. The van der Waals surface area contributed by atoms with Crippen molar-refractivity contribution >= 4 is 5.91 Å². The van der Waals surface area contributed by atoms with E-state index in [0.717, 1.165) is 32.5 Å².